The van der Waals surface area contributed by atoms with E-state index in [0.717, 1.165) is 15.9 Å². The second kappa shape index (κ2) is 5.11. The zero-order valence-electron chi connectivity index (χ0n) is 11.7. The smallest absolute Gasteiger partial charge is 0.259 e. The predicted molar refractivity (Wildman–Crippen MR) is 82.0 cm³/mol. The summed E-state index contributed by atoms with van der Waals surface area (Å²) in [5.41, 5.74) is 2.32. The van der Waals surface area contributed by atoms with Crippen LogP contribution in [0.1, 0.15) is 23.9 Å². The first-order valence-corrected chi connectivity index (χ1v) is 7.42. The van der Waals surface area contributed by atoms with E-state index >= 15 is 0 Å². The van der Waals surface area contributed by atoms with Gasteiger partial charge in [-0.2, -0.15) is 5.10 Å². The first-order valence-electron chi connectivity index (χ1n) is 6.62. The van der Waals surface area contributed by atoms with Crippen molar-refractivity contribution in [2.24, 2.45) is 0 Å². The molecule has 2 heterocycles. The van der Waals surface area contributed by atoms with Gasteiger partial charge in [0.25, 0.3) is 5.91 Å². The lowest BCUT2D eigenvalue weighted by atomic mass is 10.2. The van der Waals surface area contributed by atoms with Crippen LogP contribution in [0.4, 0.5) is 5.69 Å². The average molecular weight is 348 g/mol. The van der Waals surface area contributed by atoms with Crippen molar-refractivity contribution in [3.8, 4) is 0 Å². The maximum absolute atomic E-state index is 12.6. The Kier molecular flexibility index (Phi) is 3.41. The molecule has 1 fully saturated rings. The number of imide groups is 1. The Morgan fingerprint density at radius 2 is 1.86 bits per heavy atom. The van der Waals surface area contributed by atoms with E-state index in [1.165, 1.54) is 4.90 Å². The highest BCUT2D eigenvalue weighted by Gasteiger charge is 2.41. The minimum absolute atomic E-state index is 0.150. The molecule has 2 amide bonds. The van der Waals surface area contributed by atoms with Gasteiger partial charge in [0.05, 0.1) is 17.8 Å². The second-order valence-electron chi connectivity index (χ2n) is 5.14. The van der Waals surface area contributed by atoms with Gasteiger partial charge in [0.2, 0.25) is 5.91 Å². The fraction of sp³-hybridized carbons (Fsp3) is 0.267. The number of hydrogen-bond acceptors (Lipinski definition) is 3. The van der Waals surface area contributed by atoms with Gasteiger partial charge in [-0.25, -0.2) is 4.90 Å². The highest BCUT2D eigenvalue weighted by molar-refractivity contribution is 9.10. The first kappa shape index (κ1) is 14.0. The lowest BCUT2D eigenvalue weighted by Crippen LogP contribution is -2.31. The summed E-state index contributed by atoms with van der Waals surface area (Å²) >= 11 is 3.34. The summed E-state index contributed by atoms with van der Waals surface area (Å²) in [6, 6.07) is 8.49. The van der Waals surface area contributed by atoms with Gasteiger partial charge in [0, 0.05) is 10.2 Å². The molecule has 1 aliphatic heterocycles. The number of rotatable bonds is 2. The fourth-order valence-corrected chi connectivity index (χ4v) is 2.89. The fourth-order valence-electron chi connectivity index (χ4n) is 2.63. The molecule has 1 aromatic heterocycles. The zero-order valence-corrected chi connectivity index (χ0v) is 13.3. The number of halogens is 1. The van der Waals surface area contributed by atoms with Gasteiger partial charge in [-0.05, 0) is 44.2 Å². The van der Waals surface area contributed by atoms with Crippen LogP contribution in [0.15, 0.2) is 34.8 Å². The van der Waals surface area contributed by atoms with Crippen molar-refractivity contribution in [2.45, 2.75) is 26.3 Å². The molecule has 1 unspecified atom stereocenters. The third-order valence-corrected chi connectivity index (χ3v) is 4.08. The molecule has 1 saturated heterocycles. The van der Waals surface area contributed by atoms with Crippen LogP contribution in [0.25, 0.3) is 0 Å². The third kappa shape index (κ3) is 2.40. The molecule has 108 valence electrons. The monoisotopic (exact) mass is 347 g/mol. The van der Waals surface area contributed by atoms with Gasteiger partial charge in [-0.3, -0.25) is 14.3 Å². The van der Waals surface area contributed by atoms with Crippen molar-refractivity contribution < 1.29 is 9.59 Å². The Hall–Kier alpha value is -1.95. The number of benzene rings is 1. The normalized spacial score (nSPS) is 18.6. The Labute approximate surface area is 130 Å². The van der Waals surface area contributed by atoms with E-state index in [1.807, 2.05) is 32.0 Å². The molecule has 0 radical (unpaired) electrons. The van der Waals surface area contributed by atoms with E-state index in [4.69, 9.17) is 0 Å². The molecule has 0 aliphatic carbocycles. The summed E-state index contributed by atoms with van der Waals surface area (Å²) < 4.78 is 2.55. The van der Waals surface area contributed by atoms with Crippen molar-refractivity contribution in [2.75, 3.05) is 4.90 Å². The molecular formula is C15H14BrN3O2. The summed E-state index contributed by atoms with van der Waals surface area (Å²) in [5, 5.41) is 4.33. The Balaban J connectivity index is 1.95. The van der Waals surface area contributed by atoms with Crippen LogP contribution in [-0.4, -0.2) is 21.6 Å². The summed E-state index contributed by atoms with van der Waals surface area (Å²) in [7, 11) is 0. The number of carbonyl (C=O) groups is 2. The lowest BCUT2D eigenvalue weighted by Gasteiger charge is -2.15. The molecule has 21 heavy (non-hydrogen) atoms. The van der Waals surface area contributed by atoms with Crippen LogP contribution in [-0.2, 0) is 9.59 Å². The van der Waals surface area contributed by atoms with Crippen molar-refractivity contribution in [3.63, 3.8) is 0 Å². The van der Waals surface area contributed by atoms with Crippen LogP contribution in [0.2, 0.25) is 0 Å². The van der Waals surface area contributed by atoms with Gasteiger partial charge in [-0.1, -0.05) is 15.9 Å². The van der Waals surface area contributed by atoms with Crippen molar-refractivity contribution in [1.82, 2.24) is 9.78 Å². The molecule has 0 N–H and O–H groups in total. The predicted octanol–water partition coefficient (Wildman–Crippen LogP) is 2.77. The molecule has 2 aromatic rings. The molecule has 0 spiro atoms. The molecule has 3 rings (SSSR count). The van der Waals surface area contributed by atoms with E-state index in [9.17, 15) is 9.59 Å². The SMILES string of the molecule is Cc1cc(C)n(C2CC(=O)N(c3ccc(Br)cc3)C2=O)n1. The van der Waals surface area contributed by atoms with E-state index in [1.54, 1.807) is 16.8 Å². The third-order valence-electron chi connectivity index (χ3n) is 3.55. The standard InChI is InChI=1S/C15H14BrN3O2/c1-9-7-10(2)19(17-9)13-8-14(20)18(15(13)21)12-5-3-11(16)4-6-12/h3-7,13H,8H2,1-2H3. The summed E-state index contributed by atoms with van der Waals surface area (Å²) in [4.78, 5) is 26.1. The summed E-state index contributed by atoms with van der Waals surface area (Å²) in [5.74, 6) is -0.423. The molecular weight excluding hydrogens is 334 g/mol. The number of nitrogens with zero attached hydrogens (tertiary/aromatic N) is 3. The van der Waals surface area contributed by atoms with E-state index in [-0.39, 0.29) is 18.2 Å². The number of anilines is 1. The summed E-state index contributed by atoms with van der Waals surface area (Å²) in [6.07, 6.45) is 0.150. The van der Waals surface area contributed by atoms with Crippen LogP contribution in [0.3, 0.4) is 0 Å². The van der Waals surface area contributed by atoms with Crippen molar-refractivity contribution in [1.29, 1.82) is 0 Å². The van der Waals surface area contributed by atoms with Gasteiger partial charge >= 0.3 is 0 Å². The topological polar surface area (TPSA) is 55.2 Å². The minimum Gasteiger partial charge on any atom is -0.274 e. The Morgan fingerprint density at radius 1 is 1.19 bits per heavy atom. The molecule has 1 atom stereocenters. The number of amides is 2. The summed E-state index contributed by atoms with van der Waals surface area (Å²) in [6.45, 7) is 3.76. The van der Waals surface area contributed by atoms with Gasteiger partial charge in [0.1, 0.15) is 6.04 Å². The Bertz CT molecular complexity index is 721. The molecule has 1 aromatic carbocycles. The lowest BCUT2D eigenvalue weighted by molar-refractivity contribution is -0.122. The number of carbonyl (C=O) groups excluding carboxylic acids is 2. The minimum atomic E-state index is -0.546. The van der Waals surface area contributed by atoms with Crippen molar-refractivity contribution >= 4 is 33.4 Å². The van der Waals surface area contributed by atoms with E-state index in [0.29, 0.717) is 5.69 Å². The maximum atomic E-state index is 12.6. The molecule has 0 bridgehead atoms. The van der Waals surface area contributed by atoms with Crippen LogP contribution < -0.4 is 4.90 Å². The highest BCUT2D eigenvalue weighted by Crippen LogP contribution is 2.30. The Morgan fingerprint density at radius 3 is 2.43 bits per heavy atom. The van der Waals surface area contributed by atoms with Crippen LogP contribution >= 0.6 is 15.9 Å². The first-order chi connectivity index (χ1) is 9.97. The highest BCUT2D eigenvalue weighted by atomic mass is 79.9. The quantitative estimate of drug-likeness (QED) is 0.785. The molecule has 1 aliphatic rings. The molecule has 0 saturated carbocycles. The van der Waals surface area contributed by atoms with Gasteiger partial charge in [0.15, 0.2) is 0 Å². The molecule has 5 nitrogen and oxygen atoms in total. The van der Waals surface area contributed by atoms with E-state index in [2.05, 4.69) is 21.0 Å². The van der Waals surface area contributed by atoms with Gasteiger partial charge < -0.3 is 0 Å². The number of aromatic nitrogens is 2. The van der Waals surface area contributed by atoms with Gasteiger partial charge in [-0.15, -0.1) is 0 Å². The van der Waals surface area contributed by atoms with Crippen LogP contribution in [0, 0.1) is 13.8 Å². The zero-order chi connectivity index (χ0) is 15.1. The maximum Gasteiger partial charge on any atom is 0.259 e. The molecule has 6 heteroatoms. The second-order valence-corrected chi connectivity index (χ2v) is 6.05. The number of aryl methyl sites for hydroxylation is 2. The van der Waals surface area contributed by atoms with Crippen LogP contribution in [0.5, 0.6) is 0 Å². The largest absolute Gasteiger partial charge is 0.274 e. The van der Waals surface area contributed by atoms with Crippen molar-refractivity contribution in [3.05, 3.63) is 46.2 Å². The number of hydrogen-bond donors (Lipinski definition) is 0. The van der Waals surface area contributed by atoms with E-state index < -0.39 is 6.04 Å². The average Bonchev–Trinajstić information content (AvgIpc) is 2.91.